The van der Waals surface area contributed by atoms with Crippen molar-refractivity contribution in [2.75, 3.05) is 0 Å². The first kappa shape index (κ1) is 21.0. The second kappa shape index (κ2) is 12.1. The summed E-state index contributed by atoms with van der Waals surface area (Å²) in [6.45, 7) is 2.26. The molecule has 2 rings (SSSR count). The third kappa shape index (κ3) is 6.75. The molecule has 0 bridgehead atoms. The fourth-order valence-corrected chi connectivity index (χ4v) is 4.07. The summed E-state index contributed by atoms with van der Waals surface area (Å²) in [7, 11) is 0. The summed E-state index contributed by atoms with van der Waals surface area (Å²) >= 11 is 0. The summed E-state index contributed by atoms with van der Waals surface area (Å²) in [4.78, 5) is 12.5. The molecule has 3 heteroatoms. The highest BCUT2D eigenvalue weighted by Gasteiger charge is 2.35. The van der Waals surface area contributed by atoms with Gasteiger partial charge in [-0.05, 0) is 24.8 Å². The van der Waals surface area contributed by atoms with E-state index in [0.29, 0.717) is 0 Å². The Balaban J connectivity index is 1.58. The molecule has 1 heterocycles. The smallest absolute Gasteiger partial charge is 0.253 e. The van der Waals surface area contributed by atoms with Crippen molar-refractivity contribution in [3.8, 4) is 0 Å². The Hall–Kier alpha value is -1.35. The van der Waals surface area contributed by atoms with Gasteiger partial charge in [0.25, 0.3) is 5.91 Å². The van der Waals surface area contributed by atoms with Crippen LogP contribution >= 0.6 is 0 Å². The first-order chi connectivity index (χ1) is 12.7. The fourth-order valence-electron chi connectivity index (χ4n) is 4.07. The molecule has 0 radical (unpaired) electrons. The first-order valence-corrected chi connectivity index (χ1v) is 10.8. The molecule has 146 valence electrons. The monoisotopic (exact) mass is 359 g/mol. The van der Waals surface area contributed by atoms with Crippen LogP contribution in [0.4, 0.5) is 0 Å². The molecule has 0 aliphatic carbocycles. The number of unbranched alkanes of at least 4 members (excludes halogenated alkanes) is 9. The molecule has 0 spiro atoms. The molecular weight excluding hydrogens is 322 g/mol. The molecular formula is C23H37NO2. The molecule has 1 amide bonds. The summed E-state index contributed by atoms with van der Waals surface area (Å²) in [6.07, 6.45) is 15.8. The van der Waals surface area contributed by atoms with E-state index < -0.39 is 0 Å². The number of amides is 1. The topological polar surface area (TPSA) is 40.5 Å². The quantitative estimate of drug-likeness (QED) is 0.343. The molecule has 1 aromatic rings. The van der Waals surface area contributed by atoms with Crippen LogP contribution in [0.3, 0.4) is 0 Å². The maximum atomic E-state index is 12.5. The molecule has 1 N–H and O–H groups in total. The third-order valence-electron chi connectivity index (χ3n) is 5.75. The van der Waals surface area contributed by atoms with E-state index in [1.54, 1.807) is 0 Å². The highest BCUT2D eigenvalue weighted by atomic mass is 16.5. The molecule has 0 saturated carbocycles. The SMILES string of the molecule is CCCCCCCCCCCC[C@H]1CC[C@@H](c2ccccc2)C(=O)N1O. The number of rotatable bonds is 12. The van der Waals surface area contributed by atoms with Gasteiger partial charge in [-0.2, -0.15) is 0 Å². The van der Waals surface area contributed by atoms with Crippen LogP contribution in [0.5, 0.6) is 0 Å². The minimum absolute atomic E-state index is 0.0107. The zero-order valence-corrected chi connectivity index (χ0v) is 16.5. The Bertz CT molecular complexity index is 502. The van der Waals surface area contributed by atoms with Gasteiger partial charge in [-0.1, -0.05) is 101 Å². The van der Waals surface area contributed by atoms with Crippen molar-refractivity contribution in [2.24, 2.45) is 0 Å². The van der Waals surface area contributed by atoms with Crippen molar-refractivity contribution in [1.29, 1.82) is 0 Å². The predicted octanol–water partition coefficient (Wildman–Crippen LogP) is 6.46. The lowest BCUT2D eigenvalue weighted by Gasteiger charge is -2.35. The Kier molecular flexibility index (Phi) is 9.76. The van der Waals surface area contributed by atoms with E-state index in [9.17, 15) is 10.0 Å². The van der Waals surface area contributed by atoms with Crippen LogP contribution in [-0.4, -0.2) is 22.2 Å². The Labute approximate surface area is 159 Å². The second-order valence-corrected chi connectivity index (χ2v) is 7.85. The van der Waals surface area contributed by atoms with E-state index in [-0.39, 0.29) is 17.9 Å². The third-order valence-corrected chi connectivity index (χ3v) is 5.75. The van der Waals surface area contributed by atoms with Crippen molar-refractivity contribution in [1.82, 2.24) is 5.06 Å². The van der Waals surface area contributed by atoms with Crippen LogP contribution in [0, 0.1) is 0 Å². The van der Waals surface area contributed by atoms with Gasteiger partial charge in [-0.25, -0.2) is 5.06 Å². The van der Waals surface area contributed by atoms with Crippen molar-refractivity contribution >= 4 is 5.91 Å². The summed E-state index contributed by atoms with van der Waals surface area (Å²) < 4.78 is 0. The number of nitrogens with zero attached hydrogens (tertiary/aromatic N) is 1. The summed E-state index contributed by atoms with van der Waals surface area (Å²) in [5.41, 5.74) is 1.02. The standard InChI is InChI=1S/C23H37NO2/c1-2-3-4-5-6-7-8-9-10-14-17-21-18-19-22(23(25)24(21)26)20-15-12-11-13-16-20/h11-13,15-16,21-22,26H,2-10,14,17-19H2,1H3/t21-,22-/m0/s1. The van der Waals surface area contributed by atoms with Crippen LogP contribution < -0.4 is 0 Å². The normalized spacial score (nSPS) is 20.5. The van der Waals surface area contributed by atoms with E-state index in [0.717, 1.165) is 36.3 Å². The van der Waals surface area contributed by atoms with Gasteiger partial charge in [0, 0.05) is 0 Å². The number of hydrogen-bond donors (Lipinski definition) is 1. The minimum Gasteiger partial charge on any atom is -0.286 e. The minimum atomic E-state index is -0.176. The van der Waals surface area contributed by atoms with Crippen molar-refractivity contribution in [2.45, 2.75) is 102 Å². The Morgan fingerprint density at radius 2 is 1.46 bits per heavy atom. The second-order valence-electron chi connectivity index (χ2n) is 7.85. The number of hydroxylamine groups is 2. The van der Waals surface area contributed by atoms with Gasteiger partial charge in [0.2, 0.25) is 0 Å². The maximum Gasteiger partial charge on any atom is 0.253 e. The van der Waals surface area contributed by atoms with Gasteiger partial charge < -0.3 is 0 Å². The lowest BCUT2D eigenvalue weighted by Crippen LogP contribution is -2.44. The van der Waals surface area contributed by atoms with E-state index in [2.05, 4.69) is 6.92 Å². The van der Waals surface area contributed by atoms with Crippen molar-refractivity contribution in [3.05, 3.63) is 35.9 Å². The van der Waals surface area contributed by atoms with Gasteiger partial charge in [-0.3, -0.25) is 10.0 Å². The number of benzene rings is 1. The average Bonchev–Trinajstić information content (AvgIpc) is 2.67. The molecule has 3 nitrogen and oxygen atoms in total. The molecule has 1 aromatic carbocycles. The number of carbonyl (C=O) groups is 1. The number of carbonyl (C=O) groups excluding carboxylic acids is 1. The van der Waals surface area contributed by atoms with E-state index in [4.69, 9.17) is 0 Å². The van der Waals surface area contributed by atoms with E-state index in [1.165, 1.54) is 57.8 Å². The van der Waals surface area contributed by atoms with Gasteiger partial charge in [0.15, 0.2) is 0 Å². The van der Waals surface area contributed by atoms with Gasteiger partial charge >= 0.3 is 0 Å². The lowest BCUT2D eigenvalue weighted by molar-refractivity contribution is -0.185. The maximum absolute atomic E-state index is 12.5. The zero-order chi connectivity index (χ0) is 18.6. The molecule has 1 aliphatic heterocycles. The summed E-state index contributed by atoms with van der Waals surface area (Å²) in [5, 5.41) is 11.3. The average molecular weight is 360 g/mol. The van der Waals surface area contributed by atoms with E-state index in [1.807, 2.05) is 30.3 Å². The van der Waals surface area contributed by atoms with Crippen molar-refractivity contribution < 1.29 is 10.0 Å². The Morgan fingerprint density at radius 3 is 2.08 bits per heavy atom. The van der Waals surface area contributed by atoms with Crippen LogP contribution in [-0.2, 0) is 4.79 Å². The summed E-state index contributed by atoms with van der Waals surface area (Å²) in [6, 6.07) is 9.86. The zero-order valence-electron chi connectivity index (χ0n) is 16.5. The number of piperidine rings is 1. The molecule has 1 saturated heterocycles. The highest BCUT2D eigenvalue weighted by molar-refractivity contribution is 5.83. The van der Waals surface area contributed by atoms with Crippen LogP contribution in [0.25, 0.3) is 0 Å². The van der Waals surface area contributed by atoms with Crippen molar-refractivity contribution in [3.63, 3.8) is 0 Å². The van der Waals surface area contributed by atoms with E-state index >= 15 is 0 Å². The molecule has 26 heavy (non-hydrogen) atoms. The van der Waals surface area contributed by atoms with Gasteiger partial charge in [0.05, 0.1) is 12.0 Å². The Morgan fingerprint density at radius 1 is 0.885 bits per heavy atom. The first-order valence-electron chi connectivity index (χ1n) is 10.8. The fraction of sp³-hybridized carbons (Fsp3) is 0.696. The van der Waals surface area contributed by atoms with Crippen LogP contribution in [0.1, 0.15) is 102 Å². The molecule has 0 aromatic heterocycles. The molecule has 1 aliphatic rings. The molecule has 2 atom stereocenters. The van der Waals surface area contributed by atoms with Crippen LogP contribution in [0.2, 0.25) is 0 Å². The summed E-state index contributed by atoms with van der Waals surface area (Å²) in [5.74, 6) is -0.301. The lowest BCUT2D eigenvalue weighted by atomic mass is 9.86. The molecule has 0 unspecified atom stereocenters. The van der Waals surface area contributed by atoms with Gasteiger partial charge in [-0.15, -0.1) is 0 Å². The largest absolute Gasteiger partial charge is 0.286 e. The predicted molar refractivity (Wildman–Crippen MR) is 107 cm³/mol. The molecule has 1 fully saturated rings. The van der Waals surface area contributed by atoms with Gasteiger partial charge in [0.1, 0.15) is 0 Å². The highest BCUT2D eigenvalue weighted by Crippen LogP contribution is 2.32. The van der Waals surface area contributed by atoms with Crippen LogP contribution in [0.15, 0.2) is 30.3 Å². The number of hydrogen-bond acceptors (Lipinski definition) is 2.